The smallest absolute Gasteiger partial charge is 0.341 e. The van der Waals surface area contributed by atoms with Crippen LogP contribution in [0.5, 0.6) is 0 Å². The fourth-order valence-corrected chi connectivity index (χ4v) is 3.34. The zero-order valence-corrected chi connectivity index (χ0v) is 14.4. The SMILES string of the molecule is Cc1cn(Cc2c(Cl)cccc2Cl)c2c(C)nc(C(F)(F)F)cc12. The Balaban J connectivity index is 2.17. The average Bonchev–Trinajstić information content (AvgIpc) is 2.79. The van der Waals surface area contributed by atoms with Gasteiger partial charge in [-0.3, -0.25) is 0 Å². The highest BCUT2D eigenvalue weighted by molar-refractivity contribution is 6.36. The van der Waals surface area contributed by atoms with Crippen LogP contribution in [0.3, 0.4) is 0 Å². The van der Waals surface area contributed by atoms with Gasteiger partial charge in [-0.2, -0.15) is 13.2 Å². The van der Waals surface area contributed by atoms with Crippen molar-refractivity contribution >= 4 is 34.1 Å². The number of benzene rings is 1. The molecule has 2 nitrogen and oxygen atoms in total. The summed E-state index contributed by atoms with van der Waals surface area (Å²) in [6.45, 7) is 3.70. The van der Waals surface area contributed by atoms with Gasteiger partial charge in [-0.1, -0.05) is 29.3 Å². The van der Waals surface area contributed by atoms with Gasteiger partial charge in [-0.15, -0.1) is 0 Å². The fraction of sp³-hybridized carbons (Fsp3) is 0.235. The normalized spacial score (nSPS) is 12.1. The molecule has 0 unspecified atom stereocenters. The molecule has 0 atom stereocenters. The quantitative estimate of drug-likeness (QED) is 0.537. The highest BCUT2D eigenvalue weighted by Gasteiger charge is 2.33. The Kier molecular flexibility index (Phi) is 4.26. The zero-order valence-electron chi connectivity index (χ0n) is 12.9. The number of alkyl halides is 3. The number of rotatable bonds is 2. The molecule has 24 heavy (non-hydrogen) atoms. The van der Waals surface area contributed by atoms with E-state index >= 15 is 0 Å². The second-order valence-electron chi connectivity index (χ2n) is 5.63. The third kappa shape index (κ3) is 2.98. The molecule has 7 heteroatoms. The maximum atomic E-state index is 13.0. The molecular formula is C17H13Cl2F3N2. The van der Waals surface area contributed by atoms with E-state index in [0.717, 1.165) is 17.2 Å². The Labute approximate surface area is 146 Å². The molecule has 3 aromatic rings. The fourth-order valence-electron chi connectivity index (χ4n) is 2.82. The topological polar surface area (TPSA) is 17.8 Å². The van der Waals surface area contributed by atoms with E-state index < -0.39 is 11.9 Å². The van der Waals surface area contributed by atoms with Crippen LogP contribution in [0.1, 0.15) is 22.5 Å². The van der Waals surface area contributed by atoms with Gasteiger partial charge in [-0.25, -0.2) is 4.98 Å². The highest BCUT2D eigenvalue weighted by atomic mass is 35.5. The summed E-state index contributed by atoms with van der Waals surface area (Å²) in [6.07, 6.45) is -2.68. The van der Waals surface area contributed by atoms with Crippen molar-refractivity contribution < 1.29 is 13.2 Å². The van der Waals surface area contributed by atoms with Crippen molar-refractivity contribution in [3.8, 4) is 0 Å². The van der Waals surface area contributed by atoms with E-state index in [1.165, 1.54) is 0 Å². The minimum absolute atomic E-state index is 0.316. The average molecular weight is 373 g/mol. The van der Waals surface area contributed by atoms with E-state index in [2.05, 4.69) is 4.98 Å². The molecule has 2 aromatic heterocycles. The van der Waals surface area contributed by atoms with Crippen LogP contribution >= 0.6 is 23.2 Å². The number of hydrogen-bond donors (Lipinski definition) is 0. The maximum absolute atomic E-state index is 13.0. The van der Waals surface area contributed by atoms with Crippen molar-refractivity contribution in [3.63, 3.8) is 0 Å². The Morgan fingerprint density at radius 1 is 1.12 bits per heavy atom. The number of aromatic nitrogens is 2. The molecule has 0 saturated carbocycles. The monoisotopic (exact) mass is 372 g/mol. The lowest BCUT2D eigenvalue weighted by Gasteiger charge is -2.12. The first-order valence-corrected chi connectivity index (χ1v) is 7.91. The second-order valence-corrected chi connectivity index (χ2v) is 6.44. The minimum Gasteiger partial charge on any atom is -0.341 e. The van der Waals surface area contributed by atoms with Crippen molar-refractivity contribution in [3.05, 3.63) is 63.0 Å². The van der Waals surface area contributed by atoms with E-state index in [1.807, 2.05) is 4.57 Å². The Bertz CT molecular complexity index is 909. The predicted molar refractivity (Wildman–Crippen MR) is 89.8 cm³/mol. The first-order chi connectivity index (χ1) is 11.2. The number of aryl methyl sites for hydroxylation is 2. The largest absolute Gasteiger partial charge is 0.433 e. The lowest BCUT2D eigenvalue weighted by molar-refractivity contribution is -0.141. The molecule has 0 aliphatic heterocycles. The zero-order chi connectivity index (χ0) is 17.6. The molecule has 0 spiro atoms. The van der Waals surface area contributed by atoms with E-state index in [1.54, 1.807) is 38.2 Å². The number of fused-ring (bicyclic) bond motifs is 1. The van der Waals surface area contributed by atoms with Crippen molar-refractivity contribution in [2.45, 2.75) is 26.6 Å². The van der Waals surface area contributed by atoms with E-state index in [0.29, 0.717) is 33.2 Å². The minimum atomic E-state index is -4.47. The summed E-state index contributed by atoms with van der Waals surface area (Å²) in [7, 11) is 0. The van der Waals surface area contributed by atoms with Gasteiger partial charge >= 0.3 is 6.18 Å². The van der Waals surface area contributed by atoms with E-state index in [-0.39, 0.29) is 0 Å². The van der Waals surface area contributed by atoms with Gasteiger partial charge in [0, 0.05) is 27.2 Å². The Hall–Kier alpha value is -1.72. The lowest BCUT2D eigenvalue weighted by Crippen LogP contribution is -2.09. The standard InChI is InChI=1S/C17H13Cl2F3N2/c1-9-7-24(8-12-13(18)4-3-5-14(12)19)16-10(2)23-15(6-11(9)16)17(20,21)22/h3-7H,8H2,1-2H3. The van der Waals surface area contributed by atoms with Crippen molar-refractivity contribution in [1.82, 2.24) is 9.55 Å². The first kappa shape index (κ1) is 17.1. The van der Waals surface area contributed by atoms with Crippen LogP contribution in [0.25, 0.3) is 10.9 Å². The lowest BCUT2D eigenvalue weighted by atomic mass is 10.1. The van der Waals surface area contributed by atoms with Gasteiger partial charge in [0.1, 0.15) is 5.69 Å². The summed E-state index contributed by atoms with van der Waals surface area (Å²) in [4.78, 5) is 3.72. The summed E-state index contributed by atoms with van der Waals surface area (Å²) >= 11 is 12.4. The summed E-state index contributed by atoms with van der Waals surface area (Å²) < 4.78 is 40.8. The first-order valence-electron chi connectivity index (χ1n) is 7.15. The summed E-state index contributed by atoms with van der Waals surface area (Å²) in [6, 6.07) is 6.29. The number of nitrogens with zero attached hydrogens (tertiary/aromatic N) is 2. The molecule has 0 aliphatic rings. The Morgan fingerprint density at radius 3 is 2.33 bits per heavy atom. The molecule has 1 aromatic carbocycles. The molecular weight excluding hydrogens is 360 g/mol. The molecule has 0 radical (unpaired) electrons. The van der Waals surface area contributed by atoms with Gasteiger partial charge in [0.25, 0.3) is 0 Å². The number of pyridine rings is 1. The Morgan fingerprint density at radius 2 is 1.75 bits per heavy atom. The number of halogens is 5. The van der Waals surface area contributed by atoms with Gasteiger partial charge in [0.15, 0.2) is 0 Å². The molecule has 0 fully saturated rings. The molecule has 3 rings (SSSR count). The molecule has 0 bridgehead atoms. The third-order valence-electron chi connectivity index (χ3n) is 3.91. The summed E-state index contributed by atoms with van der Waals surface area (Å²) in [5, 5.41) is 1.55. The van der Waals surface area contributed by atoms with Crippen molar-refractivity contribution in [2.75, 3.05) is 0 Å². The van der Waals surface area contributed by atoms with Crippen LogP contribution in [0.4, 0.5) is 13.2 Å². The molecule has 0 N–H and O–H groups in total. The maximum Gasteiger partial charge on any atom is 0.433 e. The van der Waals surface area contributed by atoms with Crippen molar-refractivity contribution in [2.24, 2.45) is 0 Å². The van der Waals surface area contributed by atoms with Gasteiger partial charge in [0.2, 0.25) is 0 Å². The van der Waals surface area contributed by atoms with Crippen LogP contribution in [-0.4, -0.2) is 9.55 Å². The molecule has 2 heterocycles. The van der Waals surface area contributed by atoms with Crippen molar-refractivity contribution in [1.29, 1.82) is 0 Å². The van der Waals surface area contributed by atoms with Crippen LogP contribution in [-0.2, 0) is 12.7 Å². The van der Waals surface area contributed by atoms with E-state index in [4.69, 9.17) is 23.2 Å². The van der Waals surface area contributed by atoms with Crippen LogP contribution < -0.4 is 0 Å². The van der Waals surface area contributed by atoms with Gasteiger partial charge in [0.05, 0.1) is 17.8 Å². The molecule has 0 saturated heterocycles. The summed E-state index contributed by atoms with van der Waals surface area (Å²) in [5.74, 6) is 0. The molecule has 0 amide bonds. The highest BCUT2D eigenvalue weighted by Crippen LogP contribution is 2.34. The third-order valence-corrected chi connectivity index (χ3v) is 4.62. The van der Waals surface area contributed by atoms with Gasteiger partial charge < -0.3 is 4.57 Å². The van der Waals surface area contributed by atoms with Crippen LogP contribution in [0.15, 0.2) is 30.5 Å². The predicted octanol–water partition coefficient (Wildman–Crippen LogP) is 6.03. The van der Waals surface area contributed by atoms with E-state index in [9.17, 15) is 13.2 Å². The van der Waals surface area contributed by atoms with Crippen LogP contribution in [0.2, 0.25) is 10.0 Å². The number of hydrogen-bond acceptors (Lipinski definition) is 1. The molecule has 0 aliphatic carbocycles. The summed E-state index contributed by atoms with van der Waals surface area (Å²) in [5.41, 5.74) is 1.54. The molecule has 126 valence electrons. The van der Waals surface area contributed by atoms with Crippen LogP contribution in [0, 0.1) is 13.8 Å². The van der Waals surface area contributed by atoms with Gasteiger partial charge in [-0.05, 0) is 37.6 Å². The second kappa shape index (κ2) is 5.97.